The van der Waals surface area contributed by atoms with Gasteiger partial charge in [0.1, 0.15) is 0 Å². The Bertz CT molecular complexity index is 648. The van der Waals surface area contributed by atoms with Crippen LogP contribution < -0.4 is 0 Å². The SMILES string of the molecule is CCCCCCCCN1Cc2cc(C)ccc2-c2ccc(C)cc2C1. The van der Waals surface area contributed by atoms with Gasteiger partial charge in [-0.25, -0.2) is 0 Å². The molecule has 0 spiro atoms. The van der Waals surface area contributed by atoms with Gasteiger partial charge in [-0.1, -0.05) is 86.6 Å². The molecule has 2 aromatic rings. The summed E-state index contributed by atoms with van der Waals surface area (Å²) in [6.45, 7) is 10.1. The number of aryl methyl sites for hydroxylation is 2. The van der Waals surface area contributed by atoms with Gasteiger partial charge in [-0.05, 0) is 49.1 Å². The lowest BCUT2D eigenvalue weighted by Gasteiger charge is -2.21. The molecule has 1 nitrogen and oxygen atoms in total. The Hall–Kier alpha value is -1.60. The van der Waals surface area contributed by atoms with Crippen LogP contribution in [0.5, 0.6) is 0 Å². The van der Waals surface area contributed by atoms with E-state index < -0.39 is 0 Å². The normalized spacial score (nSPS) is 14.0. The van der Waals surface area contributed by atoms with Gasteiger partial charge < -0.3 is 0 Å². The summed E-state index contributed by atoms with van der Waals surface area (Å²) >= 11 is 0. The molecule has 25 heavy (non-hydrogen) atoms. The van der Waals surface area contributed by atoms with Crippen LogP contribution >= 0.6 is 0 Å². The summed E-state index contributed by atoms with van der Waals surface area (Å²) in [5.74, 6) is 0. The first-order valence-corrected chi connectivity index (χ1v) is 10.1. The maximum atomic E-state index is 2.66. The molecular weight excluding hydrogens is 302 g/mol. The van der Waals surface area contributed by atoms with Crippen LogP contribution in [0.4, 0.5) is 0 Å². The first-order chi connectivity index (χ1) is 12.2. The maximum Gasteiger partial charge on any atom is 0.0243 e. The van der Waals surface area contributed by atoms with Gasteiger partial charge >= 0.3 is 0 Å². The predicted molar refractivity (Wildman–Crippen MR) is 109 cm³/mol. The van der Waals surface area contributed by atoms with E-state index in [0.717, 1.165) is 13.1 Å². The van der Waals surface area contributed by atoms with E-state index in [0.29, 0.717) is 0 Å². The first kappa shape index (κ1) is 18.2. The smallest absolute Gasteiger partial charge is 0.0243 e. The average molecular weight is 336 g/mol. The van der Waals surface area contributed by atoms with Crippen molar-refractivity contribution in [2.24, 2.45) is 0 Å². The third-order valence-corrected chi connectivity index (χ3v) is 5.43. The number of rotatable bonds is 7. The minimum absolute atomic E-state index is 1.08. The molecule has 1 aliphatic heterocycles. The van der Waals surface area contributed by atoms with E-state index in [9.17, 15) is 0 Å². The standard InChI is InChI=1S/C24H33N/c1-4-5-6-7-8-9-14-25-17-21-15-19(2)10-12-23(21)24-13-11-20(3)16-22(24)18-25/h10-13,15-16H,4-9,14,17-18H2,1-3H3. The molecule has 1 heterocycles. The highest BCUT2D eigenvalue weighted by Crippen LogP contribution is 2.33. The second kappa shape index (κ2) is 8.67. The van der Waals surface area contributed by atoms with Crippen molar-refractivity contribution in [3.8, 4) is 11.1 Å². The Balaban J connectivity index is 1.75. The molecule has 134 valence electrons. The van der Waals surface area contributed by atoms with Gasteiger partial charge in [0.15, 0.2) is 0 Å². The largest absolute Gasteiger partial charge is 0.295 e. The van der Waals surface area contributed by atoms with Gasteiger partial charge in [-0.3, -0.25) is 4.90 Å². The molecule has 0 radical (unpaired) electrons. The quantitative estimate of drug-likeness (QED) is 0.512. The second-order valence-electron chi connectivity index (χ2n) is 7.80. The van der Waals surface area contributed by atoms with Gasteiger partial charge in [-0.15, -0.1) is 0 Å². The summed E-state index contributed by atoms with van der Waals surface area (Å²) in [7, 11) is 0. The number of nitrogens with zero attached hydrogens (tertiary/aromatic N) is 1. The van der Waals surface area contributed by atoms with Crippen LogP contribution in [0.2, 0.25) is 0 Å². The Morgan fingerprint density at radius 2 is 1.24 bits per heavy atom. The lowest BCUT2D eigenvalue weighted by atomic mass is 9.94. The van der Waals surface area contributed by atoms with Gasteiger partial charge in [0.25, 0.3) is 0 Å². The molecule has 0 N–H and O–H groups in total. The van der Waals surface area contributed by atoms with Gasteiger partial charge in [0, 0.05) is 13.1 Å². The second-order valence-corrected chi connectivity index (χ2v) is 7.80. The lowest BCUT2D eigenvalue weighted by Crippen LogP contribution is -2.23. The number of fused-ring (bicyclic) bond motifs is 3. The molecule has 0 unspecified atom stereocenters. The molecule has 0 atom stereocenters. The highest BCUT2D eigenvalue weighted by molar-refractivity contribution is 5.72. The summed E-state index contributed by atoms with van der Waals surface area (Å²) in [5, 5.41) is 0. The molecular formula is C24H33N. The van der Waals surface area contributed by atoms with Gasteiger partial charge in [-0.2, -0.15) is 0 Å². The maximum absolute atomic E-state index is 2.66. The minimum atomic E-state index is 1.08. The number of hydrogen-bond acceptors (Lipinski definition) is 1. The molecule has 2 aromatic carbocycles. The van der Waals surface area contributed by atoms with E-state index >= 15 is 0 Å². The Morgan fingerprint density at radius 3 is 1.80 bits per heavy atom. The molecule has 0 bridgehead atoms. The van der Waals surface area contributed by atoms with E-state index in [-0.39, 0.29) is 0 Å². The van der Waals surface area contributed by atoms with Crippen molar-refractivity contribution in [1.29, 1.82) is 0 Å². The summed E-state index contributed by atoms with van der Waals surface area (Å²) in [6.07, 6.45) is 8.22. The van der Waals surface area contributed by atoms with E-state index in [1.807, 2.05) is 0 Å². The van der Waals surface area contributed by atoms with E-state index in [4.69, 9.17) is 0 Å². The van der Waals surface area contributed by atoms with Crippen molar-refractivity contribution in [2.75, 3.05) is 6.54 Å². The average Bonchev–Trinajstić information content (AvgIpc) is 2.73. The predicted octanol–water partition coefficient (Wildman–Crippen LogP) is 6.65. The number of unbranched alkanes of at least 4 members (excludes halogenated alkanes) is 5. The summed E-state index contributed by atoms with van der Waals surface area (Å²) < 4.78 is 0. The van der Waals surface area contributed by atoms with Crippen molar-refractivity contribution < 1.29 is 0 Å². The van der Waals surface area contributed by atoms with Crippen molar-refractivity contribution in [1.82, 2.24) is 4.90 Å². The summed E-state index contributed by atoms with van der Waals surface area (Å²) in [4.78, 5) is 2.66. The minimum Gasteiger partial charge on any atom is -0.295 e. The lowest BCUT2D eigenvalue weighted by molar-refractivity contribution is 0.253. The topological polar surface area (TPSA) is 3.24 Å². The summed E-state index contributed by atoms with van der Waals surface area (Å²) in [5.41, 5.74) is 8.60. The fraction of sp³-hybridized carbons (Fsp3) is 0.500. The number of hydrogen-bond donors (Lipinski definition) is 0. The van der Waals surface area contributed by atoms with Crippen LogP contribution in [-0.4, -0.2) is 11.4 Å². The fourth-order valence-electron chi connectivity index (χ4n) is 4.04. The van der Waals surface area contributed by atoms with Crippen molar-refractivity contribution in [2.45, 2.75) is 72.4 Å². The third kappa shape index (κ3) is 4.73. The molecule has 0 saturated heterocycles. The molecule has 0 saturated carbocycles. The summed E-state index contributed by atoms with van der Waals surface area (Å²) in [6, 6.07) is 13.9. The van der Waals surface area contributed by atoms with Crippen molar-refractivity contribution in [3.63, 3.8) is 0 Å². The fourth-order valence-corrected chi connectivity index (χ4v) is 4.04. The van der Waals surface area contributed by atoms with E-state index in [1.54, 1.807) is 0 Å². The van der Waals surface area contributed by atoms with Gasteiger partial charge in [0.2, 0.25) is 0 Å². The Labute approximate surface area is 154 Å². The first-order valence-electron chi connectivity index (χ1n) is 10.1. The molecule has 3 rings (SSSR count). The van der Waals surface area contributed by atoms with Crippen molar-refractivity contribution >= 4 is 0 Å². The Kier molecular flexibility index (Phi) is 6.31. The molecule has 0 fully saturated rings. The van der Waals surface area contributed by atoms with Crippen LogP contribution in [-0.2, 0) is 13.1 Å². The Morgan fingerprint density at radius 1 is 0.720 bits per heavy atom. The van der Waals surface area contributed by atoms with E-state index in [1.165, 1.54) is 78.5 Å². The zero-order valence-corrected chi connectivity index (χ0v) is 16.3. The highest BCUT2D eigenvalue weighted by Gasteiger charge is 2.19. The van der Waals surface area contributed by atoms with Gasteiger partial charge in [0.05, 0.1) is 0 Å². The monoisotopic (exact) mass is 335 g/mol. The molecule has 1 heteroatoms. The van der Waals surface area contributed by atoms with Crippen LogP contribution in [0.25, 0.3) is 11.1 Å². The van der Waals surface area contributed by atoms with Crippen molar-refractivity contribution in [3.05, 3.63) is 58.7 Å². The molecule has 0 aliphatic carbocycles. The van der Waals surface area contributed by atoms with Crippen LogP contribution in [0.3, 0.4) is 0 Å². The zero-order valence-electron chi connectivity index (χ0n) is 16.3. The number of benzene rings is 2. The van der Waals surface area contributed by atoms with Crippen LogP contribution in [0.1, 0.15) is 67.7 Å². The van der Waals surface area contributed by atoms with Crippen LogP contribution in [0, 0.1) is 13.8 Å². The highest BCUT2D eigenvalue weighted by atomic mass is 15.1. The third-order valence-electron chi connectivity index (χ3n) is 5.43. The molecule has 1 aliphatic rings. The molecule has 0 aromatic heterocycles. The van der Waals surface area contributed by atoms with E-state index in [2.05, 4.69) is 62.1 Å². The van der Waals surface area contributed by atoms with Crippen LogP contribution in [0.15, 0.2) is 36.4 Å². The zero-order chi connectivity index (χ0) is 17.6. The molecule has 0 amide bonds.